The monoisotopic (exact) mass is 496 g/mol. The summed E-state index contributed by atoms with van der Waals surface area (Å²) in [5, 5.41) is 19.3. The summed E-state index contributed by atoms with van der Waals surface area (Å²) in [6, 6.07) is 5.35. The minimum atomic E-state index is -4.24. The number of nitrogens with two attached hydrogens (primary N) is 1. The number of hydrogen-bond donors (Lipinski definition) is 4. The van der Waals surface area contributed by atoms with E-state index in [0.29, 0.717) is 29.1 Å². The maximum Gasteiger partial charge on any atom is 0.472 e. The Labute approximate surface area is 198 Å². The molecule has 0 aliphatic carbocycles. The van der Waals surface area contributed by atoms with Gasteiger partial charge in [-0.2, -0.15) is 0 Å². The normalized spacial score (nSPS) is 14.5. The summed E-state index contributed by atoms with van der Waals surface area (Å²) in [7, 11) is -4.24. The van der Waals surface area contributed by atoms with Crippen LogP contribution in [0.15, 0.2) is 18.2 Å². The van der Waals surface area contributed by atoms with Crippen LogP contribution in [0, 0.1) is 0 Å². The zero-order valence-electron chi connectivity index (χ0n) is 19.5. The zero-order chi connectivity index (χ0) is 24.7. The molecule has 2 heterocycles. The van der Waals surface area contributed by atoms with Crippen LogP contribution in [0.2, 0.25) is 0 Å². The van der Waals surface area contributed by atoms with Crippen LogP contribution in [-0.2, 0) is 26.6 Å². The molecule has 2 atom stereocenters. The number of fused-ring (bicyclic) bond motifs is 3. The van der Waals surface area contributed by atoms with E-state index in [1.165, 1.54) is 0 Å². The maximum absolute atomic E-state index is 11.9. The molecule has 5 N–H and O–H groups in total. The van der Waals surface area contributed by atoms with Gasteiger partial charge in [-0.1, -0.05) is 13.3 Å². The number of phosphoric ester groups is 1. The van der Waals surface area contributed by atoms with Crippen molar-refractivity contribution < 1.29 is 33.5 Å². The smallest absolute Gasteiger partial charge is 0.472 e. The quantitative estimate of drug-likeness (QED) is 0.193. The lowest BCUT2D eigenvalue weighted by Crippen LogP contribution is -2.12. The zero-order valence-corrected chi connectivity index (χ0v) is 20.4. The molecule has 2 aromatic heterocycles. The number of aliphatic hydroxyl groups is 2. The number of pyridine rings is 1. The summed E-state index contributed by atoms with van der Waals surface area (Å²) >= 11 is 0. The van der Waals surface area contributed by atoms with Gasteiger partial charge >= 0.3 is 7.82 Å². The molecule has 34 heavy (non-hydrogen) atoms. The fourth-order valence-electron chi connectivity index (χ4n) is 3.70. The SMILES string of the molecule is CCCCc1nc2c(N)nc3cc(OCCOP(=O)(O)OC(C)CCO)ccc3c2n1CCO. The van der Waals surface area contributed by atoms with Gasteiger partial charge in [-0.25, -0.2) is 14.5 Å². The van der Waals surface area contributed by atoms with Gasteiger partial charge in [0.25, 0.3) is 0 Å². The van der Waals surface area contributed by atoms with Gasteiger partial charge in [0.2, 0.25) is 0 Å². The van der Waals surface area contributed by atoms with E-state index in [-0.39, 0.29) is 32.8 Å². The average Bonchev–Trinajstić information content (AvgIpc) is 3.14. The second-order valence-electron chi connectivity index (χ2n) is 7.96. The van der Waals surface area contributed by atoms with Crippen molar-refractivity contribution in [3.05, 3.63) is 24.0 Å². The predicted molar refractivity (Wildman–Crippen MR) is 129 cm³/mol. The molecular formula is C22H33N4O7P. The number of imidazole rings is 1. The number of nitrogens with zero attached hydrogens (tertiary/aromatic N) is 3. The van der Waals surface area contributed by atoms with E-state index in [1.54, 1.807) is 19.1 Å². The van der Waals surface area contributed by atoms with Crippen molar-refractivity contribution in [2.45, 2.75) is 52.2 Å². The number of benzene rings is 1. The molecule has 0 spiro atoms. The van der Waals surface area contributed by atoms with E-state index >= 15 is 0 Å². The first-order valence-electron chi connectivity index (χ1n) is 11.4. The van der Waals surface area contributed by atoms with Crippen molar-refractivity contribution in [3.8, 4) is 5.75 Å². The molecule has 0 saturated carbocycles. The Morgan fingerprint density at radius 2 is 2.00 bits per heavy atom. The molecule has 0 radical (unpaired) electrons. The lowest BCUT2D eigenvalue weighted by atomic mass is 10.1. The average molecular weight is 497 g/mol. The summed E-state index contributed by atoms with van der Waals surface area (Å²) in [4.78, 5) is 18.9. The first-order chi connectivity index (χ1) is 16.3. The highest BCUT2D eigenvalue weighted by Gasteiger charge is 2.24. The first-order valence-corrected chi connectivity index (χ1v) is 12.9. The van der Waals surface area contributed by atoms with E-state index < -0.39 is 13.9 Å². The van der Waals surface area contributed by atoms with Gasteiger partial charge in [0.1, 0.15) is 23.7 Å². The Morgan fingerprint density at radius 1 is 1.21 bits per heavy atom. The van der Waals surface area contributed by atoms with Gasteiger partial charge < -0.3 is 30.1 Å². The molecule has 0 saturated heterocycles. The molecule has 2 unspecified atom stereocenters. The Kier molecular flexibility index (Phi) is 9.24. The highest BCUT2D eigenvalue weighted by molar-refractivity contribution is 7.47. The molecule has 1 aromatic carbocycles. The summed E-state index contributed by atoms with van der Waals surface area (Å²) < 4.78 is 29.4. The van der Waals surface area contributed by atoms with E-state index in [2.05, 4.69) is 11.9 Å². The van der Waals surface area contributed by atoms with Gasteiger partial charge in [0.15, 0.2) is 5.82 Å². The third-order valence-electron chi connectivity index (χ3n) is 5.29. The van der Waals surface area contributed by atoms with Crippen LogP contribution in [0.1, 0.15) is 38.9 Å². The van der Waals surface area contributed by atoms with Crippen LogP contribution < -0.4 is 10.5 Å². The summed E-state index contributed by atoms with van der Waals surface area (Å²) in [5.41, 5.74) is 8.26. The van der Waals surface area contributed by atoms with Gasteiger partial charge in [0.05, 0.1) is 30.4 Å². The highest BCUT2D eigenvalue weighted by atomic mass is 31.2. The topological polar surface area (TPSA) is 162 Å². The number of phosphoric acid groups is 1. The minimum Gasteiger partial charge on any atom is -0.491 e. The van der Waals surface area contributed by atoms with Crippen LogP contribution in [0.3, 0.4) is 0 Å². The van der Waals surface area contributed by atoms with Gasteiger partial charge in [-0.15, -0.1) is 0 Å². The molecule has 0 aliphatic rings. The number of anilines is 1. The van der Waals surface area contributed by atoms with Crippen LogP contribution in [-0.4, -0.2) is 62.2 Å². The van der Waals surface area contributed by atoms with E-state index in [0.717, 1.165) is 36.0 Å². The number of nitrogen functional groups attached to an aromatic ring is 1. The highest BCUT2D eigenvalue weighted by Crippen LogP contribution is 2.44. The fourth-order valence-corrected chi connectivity index (χ4v) is 4.62. The molecule has 12 heteroatoms. The summed E-state index contributed by atoms with van der Waals surface area (Å²) in [5.74, 6) is 1.66. The van der Waals surface area contributed by atoms with Gasteiger partial charge in [0, 0.05) is 31.0 Å². The number of aliphatic hydroxyl groups excluding tert-OH is 2. The van der Waals surface area contributed by atoms with Crippen LogP contribution >= 0.6 is 7.82 Å². The Hall–Kier alpha value is -2.27. The van der Waals surface area contributed by atoms with Crippen LogP contribution in [0.5, 0.6) is 5.75 Å². The largest absolute Gasteiger partial charge is 0.491 e. The molecular weight excluding hydrogens is 463 g/mol. The Bertz CT molecular complexity index is 1150. The summed E-state index contributed by atoms with van der Waals surface area (Å²) in [6.45, 7) is 3.75. The summed E-state index contributed by atoms with van der Waals surface area (Å²) in [6.07, 6.45) is 2.40. The second-order valence-corrected chi connectivity index (χ2v) is 9.36. The van der Waals surface area contributed by atoms with Crippen LogP contribution in [0.25, 0.3) is 21.9 Å². The van der Waals surface area contributed by atoms with Crippen molar-refractivity contribution >= 4 is 35.6 Å². The first kappa shape index (κ1) is 26.3. The molecule has 0 fully saturated rings. The molecule has 0 bridgehead atoms. The van der Waals surface area contributed by atoms with Crippen molar-refractivity contribution in [3.63, 3.8) is 0 Å². The molecule has 3 rings (SSSR count). The molecule has 0 amide bonds. The molecule has 3 aromatic rings. The third-order valence-corrected chi connectivity index (χ3v) is 6.42. The maximum atomic E-state index is 11.9. The lowest BCUT2D eigenvalue weighted by Gasteiger charge is -2.17. The van der Waals surface area contributed by atoms with Crippen molar-refractivity contribution in [2.75, 3.05) is 32.2 Å². The van der Waals surface area contributed by atoms with Gasteiger partial charge in [-0.05, 0) is 31.9 Å². The minimum absolute atomic E-state index is 0.00906. The van der Waals surface area contributed by atoms with E-state index in [4.69, 9.17) is 29.6 Å². The van der Waals surface area contributed by atoms with Crippen LogP contribution in [0.4, 0.5) is 5.82 Å². The number of ether oxygens (including phenoxy) is 1. The van der Waals surface area contributed by atoms with E-state index in [9.17, 15) is 14.6 Å². The molecule has 188 valence electrons. The van der Waals surface area contributed by atoms with Crippen molar-refractivity contribution in [2.24, 2.45) is 0 Å². The lowest BCUT2D eigenvalue weighted by molar-refractivity contribution is 0.0877. The molecule has 11 nitrogen and oxygen atoms in total. The number of unbranched alkanes of at least 4 members (excludes halogenated alkanes) is 1. The van der Waals surface area contributed by atoms with Gasteiger partial charge in [-0.3, -0.25) is 9.05 Å². The Morgan fingerprint density at radius 3 is 2.71 bits per heavy atom. The van der Waals surface area contributed by atoms with Crippen molar-refractivity contribution in [1.29, 1.82) is 0 Å². The second kappa shape index (κ2) is 11.9. The predicted octanol–water partition coefficient (Wildman–Crippen LogP) is 2.78. The fraction of sp³-hybridized carbons (Fsp3) is 0.545. The number of hydrogen-bond acceptors (Lipinski definition) is 9. The van der Waals surface area contributed by atoms with Crippen molar-refractivity contribution in [1.82, 2.24) is 14.5 Å². The number of aromatic nitrogens is 3. The molecule has 0 aliphatic heterocycles. The standard InChI is InChI=1S/C22H33N4O7P/c1-3-4-5-19-25-20-21(26(19)9-11-28)17-7-6-16(14-18(17)24-22(20)23)31-12-13-32-34(29,30)33-15(2)8-10-27/h6-7,14-15,27-28H,3-5,8-13H2,1-2H3,(H2,23,24)(H,29,30). The Balaban J connectivity index is 1.76. The third kappa shape index (κ3) is 6.44. The number of rotatable bonds is 14. The number of aryl methyl sites for hydroxylation is 1. The van der Waals surface area contributed by atoms with E-state index in [1.807, 2.05) is 10.6 Å².